The van der Waals surface area contributed by atoms with Crippen LogP contribution in [0.25, 0.3) is 10.2 Å². The first-order valence-corrected chi connectivity index (χ1v) is 12.1. The smallest absolute Gasteiger partial charge is 0.262 e. The van der Waals surface area contributed by atoms with Crippen LogP contribution in [0.1, 0.15) is 58.4 Å². The Bertz CT molecular complexity index is 1150. The van der Waals surface area contributed by atoms with E-state index in [0.29, 0.717) is 5.16 Å². The fraction of sp³-hybridized carbons (Fsp3) is 0.500. The number of carbonyl (C=O) groups is 1. The zero-order valence-corrected chi connectivity index (χ0v) is 19.1. The fourth-order valence-electron chi connectivity index (χ4n) is 4.26. The average molecular weight is 430 g/mol. The van der Waals surface area contributed by atoms with Gasteiger partial charge in [0.05, 0.1) is 11.1 Å². The molecule has 29 heavy (non-hydrogen) atoms. The molecule has 4 rings (SSSR count). The van der Waals surface area contributed by atoms with Gasteiger partial charge in [-0.3, -0.25) is 14.2 Å². The summed E-state index contributed by atoms with van der Waals surface area (Å²) in [7, 11) is 1.77. The van der Waals surface area contributed by atoms with Crippen LogP contribution in [0.4, 0.5) is 0 Å². The van der Waals surface area contributed by atoms with Gasteiger partial charge in [0.15, 0.2) is 10.9 Å². The first-order valence-electron chi connectivity index (χ1n) is 10.3. The number of thioether (sulfide) groups is 1. The van der Waals surface area contributed by atoms with Gasteiger partial charge < -0.3 is 4.57 Å². The largest absolute Gasteiger partial charge is 0.348 e. The van der Waals surface area contributed by atoms with Crippen LogP contribution in [0.3, 0.4) is 0 Å². The predicted octanol–water partition coefficient (Wildman–Crippen LogP) is 4.68. The van der Waals surface area contributed by atoms with Crippen LogP contribution in [-0.2, 0) is 26.4 Å². The molecule has 0 saturated carbocycles. The Labute approximate surface area is 179 Å². The van der Waals surface area contributed by atoms with Gasteiger partial charge in [-0.25, -0.2) is 4.98 Å². The first-order chi connectivity index (χ1) is 13.9. The number of thiophene rings is 1. The molecule has 0 amide bonds. The normalized spacial score (nSPS) is 13.8. The van der Waals surface area contributed by atoms with Crippen LogP contribution in [0.5, 0.6) is 0 Å². The van der Waals surface area contributed by atoms with Crippen LogP contribution in [0.15, 0.2) is 16.0 Å². The van der Waals surface area contributed by atoms with Gasteiger partial charge in [-0.05, 0) is 57.6 Å². The van der Waals surface area contributed by atoms with Crippen molar-refractivity contribution in [1.82, 2.24) is 14.1 Å². The number of hydrogen-bond donors (Lipinski definition) is 0. The molecular weight excluding hydrogens is 402 g/mol. The highest BCUT2D eigenvalue weighted by molar-refractivity contribution is 7.99. The third-order valence-corrected chi connectivity index (χ3v) is 8.02. The van der Waals surface area contributed by atoms with Crippen LogP contribution >= 0.6 is 23.1 Å². The predicted molar refractivity (Wildman–Crippen MR) is 121 cm³/mol. The van der Waals surface area contributed by atoms with Crippen molar-refractivity contribution >= 4 is 39.1 Å². The van der Waals surface area contributed by atoms with Crippen LogP contribution in [-0.4, -0.2) is 25.7 Å². The SMILES string of the molecule is CCCn1c(C)cc(C(=O)CSc2nc3sc4c(c3c(=O)n2C)CCCC4)c1C. The quantitative estimate of drug-likeness (QED) is 0.324. The van der Waals surface area contributed by atoms with E-state index >= 15 is 0 Å². The van der Waals surface area contributed by atoms with E-state index in [4.69, 9.17) is 4.98 Å². The molecular formula is C22H27N3O2S2. The Morgan fingerprint density at radius 1 is 1.28 bits per heavy atom. The van der Waals surface area contributed by atoms with Crippen molar-refractivity contribution in [2.75, 3.05) is 5.75 Å². The van der Waals surface area contributed by atoms with Gasteiger partial charge >= 0.3 is 0 Å². The minimum absolute atomic E-state index is 0.0190. The highest BCUT2D eigenvalue weighted by Gasteiger charge is 2.22. The zero-order chi connectivity index (χ0) is 20.7. The second-order valence-electron chi connectivity index (χ2n) is 7.80. The van der Waals surface area contributed by atoms with Crippen LogP contribution < -0.4 is 5.56 Å². The molecule has 0 saturated heterocycles. The number of fused-ring (bicyclic) bond motifs is 3. The van der Waals surface area contributed by atoms with Gasteiger partial charge in [0.1, 0.15) is 4.83 Å². The zero-order valence-electron chi connectivity index (χ0n) is 17.5. The second-order valence-corrected chi connectivity index (χ2v) is 9.82. The van der Waals surface area contributed by atoms with Crippen molar-refractivity contribution in [1.29, 1.82) is 0 Å². The molecule has 3 heterocycles. The molecule has 7 heteroatoms. The minimum Gasteiger partial charge on any atom is -0.348 e. The van der Waals surface area contributed by atoms with E-state index in [0.717, 1.165) is 59.4 Å². The van der Waals surface area contributed by atoms with Crippen molar-refractivity contribution in [3.63, 3.8) is 0 Å². The summed E-state index contributed by atoms with van der Waals surface area (Å²) < 4.78 is 3.82. The molecule has 154 valence electrons. The second kappa shape index (κ2) is 8.11. The molecule has 0 aromatic carbocycles. The lowest BCUT2D eigenvalue weighted by atomic mass is 9.97. The van der Waals surface area contributed by atoms with E-state index in [1.807, 2.05) is 19.9 Å². The molecule has 0 spiro atoms. The molecule has 0 fully saturated rings. The molecule has 3 aromatic heterocycles. The van der Waals surface area contributed by atoms with E-state index in [1.54, 1.807) is 23.0 Å². The summed E-state index contributed by atoms with van der Waals surface area (Å²) in [6.07, 6.45) is 5.39. The number of aryl methyl sites for hydroxylation is 3. The Morgan fingerprint density at radius 3 is 2.79 bits per heavy atom. The Balaban J connectivity index is 1.60. The van der Waals surface area contributed by atoms with E-state index in [-0.39, 0.29) is 17.1 Å². The molecule has 0 atom stereocenters. The Hall–Kier alpha value is -1.86. The fourth-order valence-corrected chi connectivity index (χ4v) is 6.41. The molecule has 0 radical (unpaired) electrons. The van der Waals surface area contributed by atoms with Gasteiger partial charge in [0, 0.05) is 35.4 Å². The molecule has 3 aromatic rings. The molecule has 5 nitrogen and oxygen atoms in total. The standard InChI is InChI=1S/C22H27N3O2S2/c1-5-10-25-13(2)11-16(14(25)3)17(26)12-28-22-23-20-19(21(27)24(22)4)15-8-6-7-9-18(15)29-20/h11H,5-10,12H2,1-4H3. The van der Waals surface area contributed by atoms with Gasteiger partial charge in [-0.15, -0.1) is 11.3 Å². The molecule has 1 aliphatic rings. The molecule has 0 N–H and O–H groups in total. The van der Waals surface area contributed by atoms with Gasteiger partial charge in [-0.1, -0.05) is 18.7 Å². The number of ketones is 1. The summed E-state index contributed by atoms with van der Waals surface area (Å²) >= 11 is 3.02. The topological polar surface area (TPSA) is 56.9 Å². The lowest BCUT2D eigenvalue weighted by molar-refractivity contribution is 0.102. The third kappa shape index (κ3) is 3.59. The number of nitrogens with zero attached hydrogens (tertiary/aromatic N) is 3. The van der Waals surface area contributed by atoms with Gasteiger partial charge in [-0.2, -0.15) is 0 Å². The summed E-state index contributed by atoms with van der Waals surface area (Å²) in [4.78, 5) is 32.8. The lowest BCUT2D eigenvalue weighted by Gasteiger charge is -2.11. The number of rotatable bonds is 6. The van der Waals surface area contributed by atoms with E-state index in [9.17, 15) is 9.59 Å². The number of Topliss-reactive ketones (excluding diaryl/α,β-unsaturated/α-hetero) is 1. The van der Waals surface area contributed by atoms with Crippen molar-refractivity contribution in [3.05, 3.63) is 43.8 Å². The highest BCUT2D eigenvalue weighted by atomic mass is 32.2. The number of aromatic nitrogens is 3. The van der Waals surface area contributed by atoms with Gasteiger partial charge in [0.25, 0.3) is 5.56 Å². The van der Waals surface area contributed by atoms with Crippen molar-refractivity contribution in [3.8, 4) is 0 Å². The molecule has 1 aliphatic carbocycles. The van der Waals surface area contributed by atoms with E-state index in [2.05, 4.69) is 11.5 Å². The van der Waals surface area contributed by atoms with Crippen molar-refractivity contribution in [2.24, 2.45) is 7.05 Å². The van der Waals surface area contributed by atoms with Gasteiger partial charge in [0.2, 0.25) is 0 Å². The summed E-state index contributed by atoms with van der Waals surface area (Å²) in [5, 5.41) is 1.42. The van der Waals surface area contributed by atoms with Crippen molar-refractivity contribution < 1.29 is 4.79 Å². The lowest BCUT2D eigenvalue weighted by Crippen LogP contribution is -2.21. The maximum Gasteiger partial charge on any atom is 0.262 e. The monoisotopic (exact) mass is 429 g/mol. The average Bonchev–Trinajstić information content (AvgIpc) is 3.22. The number of hydrogen-bond acceptors (Lipinski definition) is 5. The van der Waals surface area contributed by atoms with Crippen LogP contribution in [0, 0.1) is 13.8 Å². The Morgan fingerprint density at radius 2 is 2.03 bits per heavy atom. The van der Waals surface area contributed by atoms with E-state index < -0.39 is 0 Å². The molecule has 0 aliphatic heterocycles. The third-order valence-electron chi connectivity index (χ3n) is 5.81. The number of carbonyl (C=O) groups excluding carboxylic acids is 1. The minimum atomic E-state index is 0.0190. The summed E-state index contributed by atoms with van der Waals surface area (Å²) in [6.45, 7) is 7.12. The summed E-state index contributed by atoms with van der Waals surface area (Å²) in [5.74, 6) is 0.373. The Kier molecular flexibility index (Phi) is 5.71. The molecule has 0 unspecified atom stereocenters. The highest BCUT2D eigenvalue weighted by Crippen LogP contribution is 2.34. The maximum atomic E-state index is 13.0. The maximum absolute atomic E-state index is 13.0. The van der Waals surface area contributed by atoms with E-state index in [1.165, 1.54) is 28.6 Å². The first kappa shape index (κ1) is 20.4. The van der Waals surface area contributed by atoms with Crippen LogP contribution in [0.2, 0.25) is 0 Å². The molecule has 0 bridgehead atoms. The van der Waals surface area contributed by atoms with Crippen molar-refractivity contribution in [2.45, 2.75) is 64.6 Å². The summed E-state index contributed by atoms with van der Waals surface area (Å²) in [6, 6.07) is 1.98. The summed E-state index contributed by atoms with van der Waals surface area (Å²) in [5.41, 5.74) is 4.15.